The minimum atomic E-state index is -4.55. The molecule has 1 aliphatic heterocycles. The lowest BCUT2D eigenvalue weighted by Gasteiger charge is -2.27. The molecule has 0 radical (unpaired) electrons. The number of amides is 1. The Balaban J connectivity index is 1.53. The van der Waals surface area contributed by atoms with Crippen molar-refractivity contribution in [1.29, 1.82) is 0 Å². The van der Waals surface area contributed by atoms with Crippen molar-refractivity contribution >= 4 is 35.7 Å². The highest BCUT2D eigenvalue weighted by atomic mass is 79.9. The number of benzene rings is 1. The van der Waals surface area contributed by atoms with E-state index in [-0.39, 0.29) is 18.5 Å². The maximum Gasteiger partial charge on any atom is 0.434 e. The Kier molecular flexibility index (Phi) is 7.25. The van der Waals surface area contributed by atoms with Crippen LogP contribution in [0.15, 0.2) is 41.1 Å². The van der Waals surface area contributed by atoms with E-state index in [9.17, 15) is 18.0 Å². The molecular weight excluding hydrogens is 543 g/mol. The molecule has 12 heteroatoms. The number of aryl methyl sites for hydroxylation is 1. The van der Waals surface area contributed by atoms with Crippen LogP contribution in [0.3, 0.4) is 0 Å². The number of hydrogen-bond acceptors (Lipinski definition) is 4. The molecule has 2 aromatic heterocycles. The quantitative estimate of drug-likeness (QED) is 0.255. The highest BCUT2D eigenvalue weighted by Crippen LogP contribution is 2.32. The summed E-state index contributed by atoms with van der Waals surface area (Å²) in [6.45, 7) is 7.99. The molecule has 0 fully saturated rings. The Labute approximate surface area is 211 Å². The molecule has 0 bridgehead atoms. The van der Waals surface area contributed by atoms with Crippen LogP contribution in [0.1, 0.15) is 17.7 Å². The van der Waals surface area contributed by atoms with Crippen molar-refractivity contribution in [3.63, 3.8) is 0 Å². The van der Waals surface area contributed by atoms with Crippen LogP contribution in [0.4, 0.5) is 19.0 Å². The third kappa shape index (κ3) is 6.22. The number of fused-ring (bicyclic) bond motifs is 1. The number of halogens is 4. The predicted octanol–water partition coefficient (Wildman–Crippen LogP) is 5.78. The zero-order chi connectivity index (χ0) is 25.4. The second-order valence-electron chi connectivity index (χ2n) is 9.74. The summed E-state index contributed by atoms with van der Waals surface area (Å²) in [5.41, 5.74) is 0.423. The van der Waals surface area contributed by atoms with Crippen LogP contribution in [0, 0.1) is 0 Å². The fourth-order valence-electron chi connectivity index (χ4n) is 3.76. The molecule has 0 unspecified atom stereocenters. The number of anilines is 1. The van der Waals surface area contributed by atoms with Gasteiger partial charge in [0.05, 0.1) is 13.1 Å². The van der Waals surface area contributed by atoms with Gasteiger partial charge in [0, 0.05) is 38.9 Å². The van der Waals surface area contributed by atoms with Gasteiger partial charge in [-0.1, -0.05) is 43.9 Å². The normalized spacial score (nSPS) is 14.5. The van der Waals surface area contributed by atoms with E-state index in [0.29, 0.717) is 42.1 Å². The molecule has 3 heterocycles. The number of alkyl halides is 3. The summed E-state index contributed by atoms with van der Waals surface area (Å²) in [7, 11) is -1.31. The maximum absolute atomic E-state index is 13.4. The Hall–Kier alpha value is -2.44. The lowest BCUT2D eigenvalue weighted by Crippen LogP contribution is -2.36. The highest BCUT2D eigenvalue weighted by Gasteiger charge is 2.35. The van der Waals surface area contributed by atoms with Crippen LogP contribution in [0.5, 0.6) is 0 Å². The van der Waals surface area contributed by atoms with E-state index in [0.717, 1.165) is 17.8 Å². The third-order valence-corrected chi connectivity index (χ3v) is 7.78. The van der Waals surface area contributed by atoms with E-state index in [1.807, 2.05) is 0 Å². The number of carbonyl (C=O) groups is 1. The first-order valence-electron chi connectivity index (χ1n) is 11.3. The number of imidazole rings is 1. The summed E-state index contributed by atoms with van der Waals surface area (Å²) in [5.74, 6) is 0.890. The minimum Gasteiger partial charge on any atom is -0.361 e. The SMILES string of the molecule is C[Si](C)(C)CCOCn1cc(C(F)(F)F)nc1-c1ccc(CN2C(=O)CCn3nc(Br)cc32)cc1. The van der Waals surface area contributed by atoms with Gasteiger partial charge < -0.3 is 9.30 Å². The maximum atomic E-state index is 13.4. The Morgan fingerprint density at radius 2 is 1.89 bits per heavy atom. The molecule has 0 saturated carbocycles. The van der Waals surface area contributed by atoms with Crippen LogP contribution < -0.4 is 4.90 Å². The van der Waals surface area contributed by atoms with Gasteiger partial charge in [-0.2, -0.15) is 18.3 Å². The zero-order valence-corrected chi connectivity index (χ0v) is 22.4. The number of nitrogens with zero attached hydrogens (tertiary/aromatic N) is 5. The monoisotopic (exact) mass is 569 g/mol. The molecular formula is C23H27BrF3N5O2Si. The van der Waals surface area contributed by atoms with Crippen molar-refractivity contribution in [3.8, 4) is 11.4 Å². The van der Waals surface area contributed by atoms with Crippen LogP contribution in [-0.4, -0.2) is 39.9 Å². The van der Waals surface area contributed by atoms with Gasteiger partial charge in [-0.25, -0.2) is 9.67 Å². The largest absolute Gasteiger partial charge is 0.434 e. The van der Waals surface area contributed by atoms with Crippen molar-refractivity contribution < 1.29 is 22.7 Å². The van der Waals surface area contributed by atoms with E-state index in [1.165, 1.54) is 4.57 Å². The summed E-state index contributed by atoms with van der Waals surface area (Å²) in [6, 6.07) is 9.75. The summed E-state index contributed by atoms with van der Waals surface area (Å²) < 4.78 is 49.6. The van der Waals surface area contributed by atoms with Gasteiger partial charge in [0.1, 0.15) is 23.0 Å². The molecule has 1 aromatic carbocycles. The number of rotatable bonds is 8. The number of ether oxygens (including phenoxy) is 1. The minimum absolute atomic E-state index is 0.00481. The molecule has 0 saturated heterocycles. The van der Waals surface area contributed by atoms with E-state index < -0.39 is 19.9 Å². The molecule has 0 aliphatic carbocycles. The average molecular weight is 570 g/mol. The van der Waals surface area contributed by atoms with Crippen molar-refractivity contribution in [2.45, 2.75) is 58.1 Å². The lowest BCUT2D eigenvalue weighted by molar-refractivity contribution is -0.141. The Bertz CT molecular complexity index is 1200. The second kappa shape index (κ2) is 9.90. The summed E-state index contributed by atoms with van der Waals surface area (Å²) in [6.07, 6.45) is -3.21. The zero-order valence-electron chi connectivity index (χ0n) is 19.8. The molecule has 1 amide bonds. The Morgan fingerprint density at radius 3 is 2.54 bits per heavy atom. The average Bonchev–Trinajstić information content (AvgIpc) is 3.36. The molecule has 3 aromatic rings. The fraction of sp³-hybridized carbons (Fsp3) is 0.435. The molecule has 7 nitrogen and oxygen atoms in total. The molecule has 0 atom stereocenters. The van der Waals surface area contributed by atoms with E-state index in [4.69, 9.17) is 4.74 Å². The highest BCUT2D eigenvalue weighted by molar-refractivity contribution is 9.10. The molecule has 1 aliphatic rings. The first kappa shape index (κ1) is 25.6. The van der Waals surface area contributed by atoms with Crippen molar-refractivity contribution in [2.24, 2.45) is 0 Å². The van der Waals surface area contributed by atoms with Gasteiger partial charge in [-0.05, 0) is 27.5 Å². The van der Waals surface area contributed by atoms with Crippen LogP contribution in [0.2, 0.25) is 25.7 Å². The molecule has 0 spiro atoms. The van der Waals surface area contributed by atoms with E-state index in [2.05, 4.69) is 45.7 Å². The summed E-state index contributed by atoms with van der Waals surface area (Å²) in [5, 5.41) is 4.33. The number of carbonyl (C=O) groups excluding carboxylic acids is 1. The third-order valence-electron chi connectivity index (χ3n) is 5.69. The van der Waals surface area contributed by atoms with Gasteiger partial charge in [-0.3, -0.25) is 9.69 Å². The molecule has 35 heavy (non-hydrogen) atoms. The van der Waals surface area contributed by atoms with Gasteiger partial charge in [0.2, 0.25) is 5.91 Å². The van der Waals surface area contributed by atoms with Crippen molar-refractivity contribution in [3.05, 3.63) is 52.4 Å². The standard InChI is InChI=1S/C23H27BrF3N5O2Si/c1-35(2,3)11-10-34-15-30-14-18(23(25,26)27)28-22(30)17-6-4-16(5-7-17)13-31-20-12-19(24)29-32(20)9-8-21(31)33/h4-7,12,14H,8-11,13,15H2,1-3H3. The van der Waals surface area contributed by atoms with E-state index in [1.54, 1.807) is 39.9 Å². The smallest absolute Gasteiger partial charge is 0.361 e. The van der Waals surface area contributed by atoms with Gasteiger partial charge in [-0.15, -0.1) is 0 Å². The van der Waals surface area contributed by atoms with Crippen LogP contribution >= 0.6 is 15.9 Å². The van der Waals surface area contributed by atoms with E-state index >= 15 is 0 Å². The first-order chi connectivity index (χ1) is 16.4. The van der Waals surface area contributed by atoms with Gasteiger partial charge in [0.25, 0.3) is 0 Å². The molecule has 0 N–H and O–H groups in total. The predicted molar refractivity (Wildman–Crippen MR) is 133 cm³/mol. The van der Waals surface area contributed by atoms with Crippen LogP contribution in [0.25, 0.3) is 11.4 Å². The summed E-state index contributed by atoms with van der Waals surface area (Å²) in [4.78, 5) is 18.0. The van der Waals surface area contributed by atoms with Crippen LogP contribution in [-0.2, 0) is 35.5 Å². The molecule has 188 valence electrons. The van der Waals surface area contributed by atoms with Crippen molar-refractivity contribution in [2.75, 3.05) is 11.5 Å². The fourth-order valence-corrected chi connectivity index (χ4v) is 4.91. The van der Waals surface area contributed by atoms with Crippen molar-refractivity contribution in [1.82, 2.24) is 19.3 Å². The topological polar surface area (TPSA) is 65.2 Å². The van der Waals surface area contributed by atoms with Gasteiger partial charge in [0.15, 0.2) is 5.69 Å². The summed E-state index contributed by atoms with van der Waals surface area (Å²) >= 11 is 3.35. The number of aromatic nitrogens is 4. The molecule has 4 rings (SSSR count). The number of hydrogen-bond donors (Lipinski definition) is 0. The first-order valence-corrected chi connectivity index (χ1v) is 15.8. The lowest BCUT2D eigenvalue weighted by atomic mass is 10.1. The van der Waals surface area contributed by atoms with Gasteiger partial charge >= 0.3 is 6.18 Å². The Morgan fingerprint density at radius 1 is 1.17 bits per heavy atom. The second-order valence-corrected chi connectivity index (χ2v) is 16.2.